The first-order valence-electron chi connectivity index (χ1n) is 9.16. The minimum Gasteiger partial charge on any atom is -0.294 e. The number of ketones is 1. The molecule has 0 amide bonds. The molecule has 5 nitrogen and oxygen atoms in total. The van der Waals surface area contributed by atoms with Crippen LogP contribution in [0.1, 0.15) is 21.5 Å². The van der Waals surface area contributed by atoms with Crippen molar-refractivity contribution in [2.24, 2.45) is 0 Å². The lowest BCUT2D eigenvalue weighted by Gasteiger charge is -2.08. The van der Waals surface area contributed by atoms with Crippen molar-refractivity contribution in [1.82, 2.24) is 9.19 Å². The first-order chi connectivity index (χ1) is 14.7. The van der Waals surface area contributed by atoms with Gasteiger partial charge in [0.05, 0.1) is 28.1 Å². The smallest absolute Gasteiger partial charge is 0.258 e. The molecule has 0 unspecified atom stereocenters. The molecule has 0 aliphatic heterocycles. The molecule has 0 atom stereocenters. The van der Waals surface area contributed by atoms with E-state index in [-0.39, 0.29) is 22.8 Å². The maximum absolute atomic E-state index is 14.1. The fourth-order valence-corrected chi connectivity index (χ4v) is 5.16. The number of nitrogens with zero attached hydrogens (tertiary/aromatic N) is 2. The van der Waals surface area contributed by atoms with E-state index in [1.54, 1.807) is 42.5 Å². The van der Waals surface area contributed by atoms with Crippen molar-refractivity contribution in [2.45, 2.75) is 12.2 Å². The number of carbonyl (C=O) groups excluding carboxylic acids is 1. The van der Waals surface area contributed by atoms with Crippen LogP contribution in [0, 0.1) is 5.82 Å². The second-order valence-electron chi connectivity index (χ2n) is 6.96. The zero-order valence-electron chi connectivity index (χ0n) is 15.9. The lowest BCUT2D eigenvalue weighted by atomic mass is 10.0. The highest BCUT2D eigenvalue weighted by molar-refractivity contribution is 7.89. The molecule has 0 aliphatic carbocycles. The molecule has 0 aliphatic rings. The van der Waals surface area contributed by atoms with E-state index in [9.17, 15) is 17.6 Å². The monoisotopic (exact) mass is 476 g/mol. The summed E-state index contributed by atoms with van der Waals surface area (Å²) in [5.41, 5.74) is 1.17. The molecule has 4 rings (SSSR count). The number of aromatic nitrogens is 2. The first kappa shape index (κ1) is 21.5. The molecule has 4 aromatic rings. The van der Waals surface area contributed by atoms with Gasteiger partial charge in [-0.3, -0.25) is 4.79 Å². The Labute approximate surface area is 188 Å². The SMILES string of the molecule is O=C(Cc1ccc2cnn(S(=O)(=O)Cc3cccc(Cl)c3)c2c1)c1c(F)cccc1Cl. The average Bonchev–Trinajstić information content (AvgIpc) is 3.12. The summed E-state index contributed by atoms with van der Waals surface area (Å²) in [5, 5.41) is 5.08. The number of fused-ring (bicyclic) bond motifs is 1. The van der Waals surface area contributed by atoms with Gasteiger partial charge in [0, 0.05) is 16.8 Å². The van der Waals surface area contributed by atoms with Crippen LogP contribution < -0.4 is 0 Å². The highest BCUT2D eigenvalue weighted by Crippen LogP contribution is 2.24. The van der Waals surface area contributed by atoms with Crippen molar-refractivity contribution in [3.05, 3.63) is 99.4 Å². The second-order valence-corrected chi connectivity index (χ2v) is 9.61. The van der Waals surface area contributed by atoms with E-state index >= 15 is 0 Å². The van der Waals surface area contributed by atoms with Gasteiger partial charge >= 0.3 is 0 Å². The Bertz CT molecular complexity index is 1400. The quantitative estimate of drug-likeness (QED) is 0.354. The van der Waals surface area contributed by atoms with Crippen molar-refractivity contribution in [3.63, 3.8) is 0 Å². The Morgan fingerprint density at radius 3 is 2.52 bits per heavy atom. The molecule has 0 N–H and O–H groups in total. The van der Waals surface area contributed by atoms with Crippen LogP contribution in [0.3, 0.4) is 0 Å². The molecule has 1 heterocycles. The molecule has 31 heavy (non-hydrogen) atoms. The number of hydrogen-bond donors (Lipinski definition) is 0. The highest BCUT2D eigenvalue weighted by Gasteiger charge is 2.20. The van der Waals surface area contributed by atoms with Crippen molar-refractivity contribution in [2.75, 3.05) is 0 Å². The predicted octanol–water partition coefficient (Wildman–Crippen LogP) is 5.29. The van der Waals surface area contributed by atoms with E-state index in [2.05, 4.69) is 5.10 Å². The van der Waals surface area contributed by atoms with E-state index in [0.717, 1.165) is 4.09 Å². The van der Waals surface area contributed by atoms with Crippen LogP contribution in [0.15, 0.2) is 66.9 Å². The fourth-order valence-electron chi connectivity index (χ4n) is 3.31. The van der Waals surface area contributed by atoms with Crippen LogP contribution >= 0.6 is 23.2 Å². The molecule has 3 aromatic carbocycles. The maximum Gasteiger partial charge on any atom is 0.258 e. The van der Waals surface area contributed by atoms with Gasteiger partial charge < -0.3 is 0 Å². The molecule has 158 valence electrons. The van der Waals surface area contributed by atoms with Crippen molar-refractivity contribution in [3.8, 4) is 0 Å². The molecule has 0 bridgehead atoms. The second kappa shape index (κ2) is 8.42. The number of carbonyl (C=O) groups is 1. The van der Waals surface area contributed by atoms with Crippen LogP contribution in [-0.2, 0) is 22.2 Å². The van der Waals surface area contributed by atoms with Gasteiger partial charge in [-0.2, -0.15) is 9.19 Å². The lowest BCUT2D eigenvalue weighted by Crippen LogP contribution is -2.16. The largest absolute Gasteiger partial charge is 0.294 e. The molecule has 0 saturated heterocycles. The fraction of sp³-hybridized carbons (Fsp3) is 0.0909. The molecular formula is C22H15Cl2FN2O3S. The van der Waals surface area contributed by atoms with Gasteiger partial charge in [-0.05, 0) is 41.5 Å². The summed E-state index contributed by atoms with van der Waals surface area (Å²) in [6, 6.07) is 15.5. The predicted molar refractivity (Wildman–Crippen MR) is 119 cm³/mol. The van der Waals surface area contributed by atoms with Crippen molar-refractivity contribution in [1.29, 1.82) is 0 Å². The third-order valence-electron chi connectivity index (χ3n) is 4.71. The molecule has 0 saturated carbocycles. The molecule has 1 aromatic heterocycles. The van der Waals surface area contributed by atoms with E-state index in [1.807, 2.05) is 0 Å². The Hall–Kier alpha value is -2.74. The van der Waals surface area contributed by atoms with Gasteiger partial charge in [0.15, 0.2) is 5.78 Å². The van der Waals surface area contributed by atoms with Gasteiger partial charge in [0.2, 0.25) is 0 Å². The van der Waals surface area contributed by atoms with Gasteiger partial charge in [0.1, 0.15) is 5.82 Å². The molecule has 0 radical (unpaired) electrons. The zero-order chi connectivity index (χ0) is 22.2. The van der Waals surface area contributed by atoms with Crippen LogP contribution in [0.2, 0.25) is 10.0 Å². The van der Waals surface area contributed by atoms with Crippen molar-refractivity contribution >= 4 is 49.9 Å². The maximum atomic E-state index is 14.1. The van der Waals surface area contributed by atoms with Crippen molar-refractivity contribution < 1.29 is 17.6 Å². The standard InChI is InChI=1S/C22H15Cl2FN2O3S/c23-17-4-1-3-15(9-17)13-31(29,30)27-20-10-14(7-8-16(20)12-26-27)11-21(28)22-18(24)5-2-6-19(22)25/h1-10,12H,11,13H2. The summed E-state index contributed by atoms with van der Waals surface area (Å²) in [7, 11) is -3.84. The summed E-state index contributed by atoms with van der Waals surface area (Å²) >= 11 is 11.9. The summed E-state index contributed by atoms with van der Waals surface area (Å²) in [5.74, 6) is -1.50. The average molecular weight is 477 g/mol. The Kier molecular flexibility index (Phi) is 5.83. The third-order valence-corrected chi connectivity index (χ3v) is 6.78. The summed E-state index contributed by atoms with van der Waals surface area (Å²) < 4.78 is 40.9. The van der Waals surface area contributed by atoms with Crippen LogP contribution in [-0.4, -0.2) is 23.4 Å². The normalized spacial score (nSPS) is 11.7. The van der Waals surface area contributed by atoms with E-state index in [4.69, 9.17) is 23.2 Å². The summed E-state index contributed by atoms with van der Waals surface area (Å²) in [4.78, 5) is 12.6. The van der Waals surface area contributed by atoms with E-state index in [1.165, 1.54) is 24.4 Å². The topological polar surface area (TPSA) is 69.0 Å². The third kappa shape index (κ3) is 4.49. The minimum absolute atomic E-state index is 0.0280. The molecular weight excluding hydrogens is 462 g/mol. The van der Waals surface area contributed by atoms with Gasteiger partial charge in [0.25, 0.3) is 10.0 Å². The molecule has 0 spiro atoms. The highest BCUT2D eigenvalue weighted by atomic mass is 35.5. The van der Waals surface area contributed by atoms with E-state index < -0.39 is 21.6 Å². The van der Waals surface area contributed by atoms with Crippen LogP contribution in [0.4, 0.5) is 4.39 Å². The van der Waals surface area contributed by atoms with E-state index in [0.29, 0.717) is 27.1 Å². The van der Waals surface area contributed by atoms with Gasteiger partial charge in [-0.25, -0.2) is 12.8 Å². The van der Waals surface area contributed by atoms with Crippen LogP contribution in [0.5, 0.6) is 0 Å². The zero-order valence-corrected chi connectivity index (χ0v) is 18.3. The van der Waals surface area contributed by atoms with Gasteiger partial charge in [-0.15, -0.1) is 0 Å². The number of rotatable bonds is 6. The summed E-state index contributed by atoms with van der Waals surface area (Å²) in [6.45, 7) is 0. The number of Topliss-reactive ketones (excluding diaryl/α,β-unsaturated/α-hetero) is 1. The molecule has 0 fully saturated rings. The number of benzene rings is 3. The number of hydrogen-bond acceptors (Lipinski definition) is 4. The molecule has 9 heteroatoms. The van der Waals surface area contributed by atoms with Crippen LogP contribution in [0.25, 0.3) is 10.9 Å². The Morgan fingerprint density at radius 1 is 1.00 bits per heavy atom. The Morgan fingerprint density at radius 2 is 1.77 bits per heavy atom. The number of halogens is 3. The minimum atomic E-state index is -3.84. The van der Waals surface area contributed by atoms with Gasteiger partial charge in [-0.1, -0.05) is 53.5 Å². The Balaban J connectivity index is 1.67. The lowest BCUT2D eigenvalue weighted by molar-refractivity contribution is 0.0989. The summed E-state index contributed by atoms with van der Waals surface area (Å²) in [6.07, 6.45) is 1.29. The first-order valence-corrected chi connectivity index (χ1v) is 11.5.